The molecule has 8 aromatic rings. The monoisotopic (exact) mass is 486 g/mol. The summed E-state index contributed by atoms with van der Waals surface area (Å²) in [5.41, 5.74) is 10.5. The maximum atomic E-state index is 6.46. The van der Waals surface area contributed by atoms with E-state index >= 15 is 0 Å². The molecule has 0 radical (unpaired) electrons. The van der Waals surface area contributed by atoms with E-state index in [1.54, 1.807) is 0 Å². The van der Waals surface area contributed by atoms with Crippen LogP contribution < -0.4 is 0 Å². The van der Waals surface area contributed by atoms with Crippen molar-refractivity contribution in [3.05, 3.63) is 133 Å². The van der Waals surface area contributed by atoms with Crippen LogP contribution in [0, 0.1) is 0 Å². The smallest absolute Gasteiger partial charge is 0.143 e. The van der Waals surface area contributed by atoms with Gasteiger partial charge in [-0.15, -0.1) is 0 Å². The fraction of sp³-hybridized carbons (Fsp3) is 0. The lowest BCUT2D eigenvalue weighted by molar-refractivity contribution is 0.668. The molecule has 0 saturated carbocycles. The van der Waals surface area contributed by atoms with Gasteiger partial charge in [-0.1, -0.05) is 97.1 Å². The molecule has 0 atom stereocenters. The Bertz CT molecular complexity index is 2110. The molecule has 6 aromatic carbocycles. The van der Waals surface area contributed by atoms with Crippen LogP contribution in [-0.4, -0.2) is 0 Å². The van der Waals surface area contributed by atoms with Gasteiger partial charge >= 0.3 is 0 Å². The minimum Gasteiger partial charge on any atom is -0.456 e. The van der Waals surface area contributed by atoms with Gasteiger partial charge in [-0.2, -0.15) is 0 Å². The Morgan fingerprint density at radius 3 is 1.42 bits per heavy atom. The number of fused-ring (bicyclic) bond motifs is 6. The Balaban J connectivity index is 1.30. The summed E-state index contributed by atoms with van der Waals surface area (Å²) in [5, 5.41) is 4.48. The van der Waals surface area contributed by atoms with E-state index in [-0.39, 0.29) is 0 Å². The zero-order valence-electron chi connectivity index (χ0n) is 20.5. The van der Waals surface area contributed by atoms with Crippen LogP contribution >= 0.6 is 0 Å². The summed E-state index contributed by atoms with van der Waals surface area (Å²) < 4.78 is 12.7. The zero-order chi connectivity index (χ0) is 25.1. The van der Waals surface area contributed by atoms with Crippen molar-refractivity contribution in [3.8, 4) is 33.4 Å². The van der Waals surface area contributed by atoms with E-state index in [1.807, 2.05) is 12.1 Å². The van der Waals surface area contributed by atoms with Crippen LogP contribution in [0.2, 0.25) is 0 Å². The Kier molecular flexibility index (Phi) is 4.55. The SMILES string of the molecule is c1ccc(-c2ccc3oc4ccc(-c5cccc6c5oc5ccc(-c7ccccc7)cc56)cc4c3c2)cc1. The van der Waals surface area contributed by atoms with Crippen molar-refractivity contribution in [2.24, 2.45) is 0 Å². The van der Waals surface area contributed by atoms with Gasteiger partial charge in [0.2, 0.25) is 0 Å². The average molecular weight is 487 g/mol. The van der Waals surface area contributed by atoms with Crippen molar-refractivity contribution in [1.82, 2.24) is 0 Å². The summed E-state index contributed by atoms with van der Waals surface area (Å²) >= 11 is 0. The first-order chi connectivity index (χ1) is 18.8. The van der Waals surface area contributed by atoms with Crippen LogP contribution in [0.3, 0.4) is 0 Å². The lowest BCUT2D eigenvalue weighted by Crippen LogP contribution is -1.80. The van der Waals surface area contributed by atoms with Gasteiger partial charge in [0.15, 0.2) is 0 Å². The molecule has 38 heavy (non-hydrogen) atoms. The van der Waals surface area contributed by atoms with Crippen molar-refractivity contribution in [2.45, 2.75) is 0 Å². The third kappa shape index (κ3) is 3.28. The standard InChI is InChI=1S/C36H22O2/c1-3-8-23(9-4-1)25-15-18-35-30(20-25)29-13-7-12-28(36(29)38-35)27-16-19-34-32(22-27)31-21-26(14-17-33(31)37-34)24-10-5-2-6-11-24/h1-22H. The maximum Gasteiger partial charge on any atom is 0.143 e. The second kappa shape index (κ2) is 8.22. The van der Waals surface area contributed by atoms with Crippen LogP contribution in [-0.2, 0) is 0 Å². The highest BCUT2D eigenvalue weighted by atomic mass is 16.3. The summed E-state index contributed by atoms with van der Waals surface area (Å²) in [5.74, 6) is 0. The second-order valence-electron chi connectivity index (χ2n) is 9.75. The van der Waals surface area contributed by atoms with Gasteiger partial charge in [0.05, 0.1) is 0 Å². The molecule has 0 aliphatic rings. The van der Waals surface area contributed by atoms with Gasteiger partial charge in [-0.3, -0.25) is 0 Å². The highest BCUT2D eigenvalue weighted by molar-refractivity contribution is 6.12. The normalized spacial score (nSPS) is 11.7. The number of benzene rings is 6. The van der Waals surface area contributed by atoms with E-state index < -0.39 is 0 Å². The van der Waals surface area contributed by atoms with Gasteiger partial charge in [-0.25, -0.2) is 0 Å². The largest absolute Gasteiger partial charge is 0.456 e. The highest BCUT2D eigenvalue weighted by Gasteiger charge is 2.15. The molecule has 178 valence electrons. The number of hydrogen-bond donors (Lipinski definition) is 0. The molecule has 0 amide bonds. The molecule has 0 fully saturated rings. The third-order valence-corrected chi connectivity index (χ3v) is 7.49. The van der Waals surface area contributed by atoms with Crippen molar-refractivity contribution in [2.75, 3.05) is 0 Å². The lowest BCUT2D eigenvalue weighted by Gasteiger charge is -2.04. The van der Waals surface area contributed by atoms with Gasteiger partial charge in [0.1, 0.15) is 22.3 Å². The van der Waals surface area contributed by atoms with Crippen LogP contribution in [0.15, 0.2) is 142 Å². The zero-order valence-corrected chi connectivity index (χ0v) is 20.5. The number of furan rings is 2. The second-order valence-corrected chi connectivity index (χ2v) is 9.75. The Morgan fingerprint density at radius 1 is 0.316 bits per heavy atom. The quantitative estimate of drug-likeness (QED) is 0.248. The first kappa shape index (κ1) is 21.0. The average Bonchev–Trinajstić information content (AvgIpc) is 3.55. The number of para-hydroxylation sites is 1. The predicted octanol–water partition coefficient (Wildman–Crippen LogP) is 10.5. The van der Waals surface area contributed by atoms with E-state index in [9.17, 15) is 0 Å². The molecule has 0 aliphatic carbocycles. The van der Waals surface area contributed by atoms with E-state index in [1.165, 1.54) is 22.3 Å². The van der Waals surface area contributed by atoms with E-state index in [0.717, 1.165) is 55.0 Å². The minimum atomic E-state index is 0.887. The van der Waals surface area contributed by atoms with Crippen molar-refractivity contribution < 1.29 is 8.83 Å². The fourth-order valence-corrected chi connectivity index (χ4v) is 5.59. The summed E-state index contributed by atoms with van der Waals surface area (Å²) in [6.07, 6.45) is 0. The first-order valence-corrected chi connectivity index (χ1v) is 12.8. The van der Waals surface area contributed by atoms with E-state index in [0.29, 0.717) is 0 Å². The van der Waals surface area contributed by atoms with E-state index in [2.05, 4.69) is 121 Å². The molecule has 0 aliphatic heterocycles. The summed E-state index contributed by atoms with van der Waals surface area (Å²) in [4.78, 5) is 0. The molecule has 2 heterocycles. The van der Waals surface area contributed by atoms with Crippen LogP contribution in [0.1, 0.15) is 0 Å². The maximum absolute atomic E-state index is 6.46. The van der Waals surface area contributed by atoms with Gasteiger partial charge < -0.3 is 8.83 Å². The predicted molar refractivity (Wildman–Crippen MR) is 157 cm³/mol. The molecular formula is C36H22O2. The summed E-state index contributed by atoms with van der Waals surface area (Å²) in [7, 11) is 0. The van der Waals surface area contributed by atoms with Crippen LogP contribution in [0.4, 0.5) is 0 Å². The van der Waals surface area contributed by atoms with Gasteiger partial charge in [0.25, 0.3) is 0 Å². The molecule has 0 saturated heterocycles. The molecule has 0 N–H and O–H groups in total. The minimum absolute atomic E-state index is 0.887. The highest BCUT2D eigenvalue weighted by Crippen LogP contribution is 2.40. The molecule has 2 heteroatoms. The topological polar surface area (TPSA) is 26.3 Å². The molecule has 0 unspecified atom stereocenters. The molecule has 8 rings (SSSR count). The van der Waals surface area contributed by atoms with Crippen molar-refractivity contribution in [3.63, 3.8) is 0 Å². The Labute approximate surface area is 219 Å². The van der Waals surface area contributed by atoms with Crippen molar-refractivity contribution >= 4 is 43.9 Å². The van der Waals surface area contributed by atoms with Gasteiger partial charge in [0, 0.05) is 27.1 Å². The molecule has 0 bridgehead atoms. The van der Waals surface area contributed by atoms with E-state index in [4.69, 9.17) is 8.83 Å². The fourth-order valence-electron chi connectivity index (χ4n) is 5.59. The first-order valence-electron chi connectivity index (χ1n) is 12.8. The third-order valence-electron chi connectivity index (χ3n) is 7.49. The Hall–Kier alpha value is -5.08. The molecule has 2 aromatic heterocycles. The Morgan fingerprint density at radius 2 is 0.816 bits per heavy atom. The number of hydrogen-bond acceptors (Lipinski definition) is 2. The lowest BCUT2D eigenvalue weighted by atomic mass is 9.98. The van der Waals surface area contributed by atoms with Crippen molar-refractivity contribution in [1.29, 1.82) is 0 Å². The number of rotatable bonds is 3. The van der Waals surface area contributed by atoms with Crippen LogP contribution in [0.5, 0.6) is 0 Å². The molecular weight excluding hydrogens is 464 g/mol. The van der Waals surface area contributed by atoms with Crippen LogP contribution in [0.25, 0.3) is 77.3 Å². The summed E-state index contributed by atoms with van der Waals surface area (Å²) in [6, 6.07) is 46.6. The molecule has 0 spiro atoms. The molecule has 2 nitrogen and oxygen atoms in total. The van der Waals surface area contributed by atoms with Gasteiger partial charge in [-0.05, 0) is 64.2 Å². The summed E-state index contributed by atoms with van der Waals surface area (Å²) in [6.45, 7) is 0.